The fourth-order valence-electron chi connectivity index (χ4n) is 1.85. The van der Waals surface area contributed by atoms with Crippen LogP contribution in [0.4, 0.5) is 0 Å². The van der Waals surface area contributed by atoms with E-state index < -0.39 is 0 Å². The van der Waals surface area contributed by atoms with Crippen LogP contribution in [0.5, 0.6) is 5.75 Å². The molecular formula is C12H14Cl2OS. The Labute approximate surface area is 111 Å². The third-order valence-electron chi connectivity index (χ3n) is 3.18. The summed E-state index contributed by atoms with van der Waals surface area (Å²) in [6, 6.07) is 5.30. The van der Waals surface area contributed by atoms with Crippen molar-refractivity contribution >= 4 is 35.8 Å². The van der Waals surface area contributed by atoms with Crippen molar-refractivity contribution in [3.8, 4) is 5.75 Å². The molecule has 0 spiro atoms. The second kappa shape index (κ2) is 5.07. The average molecular weight is 277 g/mol. The van der Waals surface area contributed by atoms with Crippen LogP contribution in [0.2, 0.25) is 10.0 Å². The van der Waals surface area contributed by atoms with E-state index in [9.17, 15) is 0 Å². The van der Waals surface area contributed by atoms with Gasteiger partial charge in [-0.05, 0) is 36.8 Å². The SMILES string of the molecule is SCC1(COc2ccc(Cl)cc2Cl)CCC1. The smallest absolute Gasteiger partial charge is 0.138 e. The van der Waals surface area contributed by atoms with Gasteiger partial charge >= 0.3 is 0 Å². The molecule has 0 saturated heterocycles. The molecule has 1 fully saturated rings. The maximum absolute atomic E-state index is 6.03. The molecule has 0 aliphatic heterocycles. The normalized spacial score (nSPS) is 17.9. The van der Waals surface area contributed by atoms with E-state index in [-0.39, 0.29) is 5.41 Å². The van der Waals surface area contributed by atoms with Gasteiger partial charge in [0, 0.05) is 10.4 Å². The van der Waals surface area contributed by atoms with Crippen molar-refractivity contribution in [1.82, 2.24) is 0 Å². The number of thiol groups is 1. The standard InChI is InChI=1S/C12H14Cl2OS/c13-9-2-3-11(10(14)6-9)15-7-12(8-16)4-1-5-12/h2-3,6,16H,1,4-5,7-8H2. The summed E-state index contributed by atoms with van der Waals surface area (Å²) in [6.45, 7) is 0.692. The Morgan fingerprint density at radius 1 is 1.31 bits per heavy atom. The highest BCUT2D eigenvalue weighted by atomic mass is 35.5. The van der Waals surface area contributed by atoms with Crippen LogP contribution in [0.3, 0.4) is 0 Å². The van der Waals surface area contributed by atoms with Crippen LogP contribution < -0.4 is 4.74 Å². The molecule has 1 saturated carbocycles. The lowest BCUT2D eigenvalue weighted by molar-refractivity contribution is 0.0830. The van der Waals surface area contributed by atoms with Gasteiger partial charge in [-0.3, -0.25) is 0 Å². The molecule has 0 aromatic heterocycles. The van der Waals surface area contributed by atoms with Crippen LogP contribution in [0.15, 0.2) is 18.2 Å². The second-order valence-electron chi connectivity index (χ2n) is 4.38. The van der Waals surface area contributed by atoms with Crippen LogP contribution in [0.25, 0.3) is 0 Å². The third kappa shape index (κ3) is 2.61. The van der Waals surface area contributed by atoms with Gasteiger partial charge in [0.15, 0.2) is 0 Å². The van der Waals surface area contributed by atoms with Crippen molar-refractivity contribution < 1.29 is 4.74 Å². The van der Waals surface area contributed by atoms with Gasteiger partial charge in [0.05, 0.1) is 11.6 Å². The van der Waals surface area contributed by atoms with Gasteiger partial charge in [0.1, 0.15) is 5.75 Å². The molecule has 0 heterocycles. The summed E-state index contributed by atoms with van der Waals surface area (Å²) < 4.78 is 5.75. The quantitative estimate of drug-likeness (QED) is 0.799. The van der Waals surface area contributed by atoms with E-state index >= 15 is 0 Å². The lowest BCUT2D eigenvalue weighted by Crippen LogP contribution is -2.37. The van der Waals surface area contributed by atoms with Crippen LogP contribution in [0.1, 0.15) is 19.3 Å². The zero-order valence-electron chi connectivity index (χ0n) is 8.88. The highest BCUT2D eigenvalue weighted by molar-refractivity contribution is 7.80. The Bertz CT molecular complexity index is 372. The van der Waals surface area contributed by atoms with Gasteiger partial charge in [0.2, 0.25) is 0 Å². The first kappa shape index (κ1) is 12.4. The number of benzene rings is 1. The molecule has 1 aromatic carbocycles. The first-order valence-electron chi connectivity index (χ1n) is 5.34. The molecule has 4 heteroatoms. The predicted molar refractivity (Wildman–Crippen MR) is 72.1 cm³/mol. The van der Waals surface area contributed by atoms with Crippen LogP contribution in [-0.4, -0.2) is 12.4 Å². The van der Waals surface area contributed by atoms with E-state index in [1.165, 1.54) is 19.3 Å². The molecule has 0 radical (unpaired) electrons. The molecule has 0 N–H and O–H groups in total. The molecule has 1 nitrogen and oxygen atoms in total. The molecule has 88 valence electrons. The largest absolute Gasteiger partial charge is 0.491 e. The fraction of sp³-hybridized carbons (Fsp3) is 0.500. The fourth-order valence-corrected chi connectivity index (χ4v) is 2.72. The minimum atomic E-state index is 0.256. The number of rotatable bonds is 4. The van der Waals surface area contributed by atoms with E-state index in [0.717, 1.165) is 5.75 Å². The van der Waals surface area contributed by atoms with Crippen LogP contribution in [-0.2, 0) is 0 Å². The van der Waals surface area contributed by atoms with E-state index in [1.807, 2.05) is 6.07 Å². The molecule has 2 rings (SSSR count). The van der Waals surface area contributed by atoms with Crippen molar-refractivity contribution in [3.63, 3.8) is 0 Å². The molecule has 1 aromatic rings. The van der Waals surface area contributed by atoms with E-state index in [1.54, 1.807) is 12.1 Å². The molecule has 0 atom stereocenters. The zero-order valence-corrected chi connectivity index (χ0v) is 11.3. The Morgan fingerprint density at radius 2 is 2.06 bits per heavy atom. The molecule has 1 aliphatic rings. The Kier molecular flexibility index (Phi) is 3.93. The zero-order chi connectivity index (χ0) is 11.6. The van der Waals surface area contributed by atoms with Gasteiger partial charge in [-0.2, -0.15) is 12.6 Å². The van der Waals surface area contributed by atoms with E-state index in [0.29, 0.717) is 22.4 Å². The van der Waals surface area contributed by atoms with E-state index in [4.69, 9.17) is 27.9 Å². The Hall–Kier alpha value is -0.0500. The van der Waals surface area contributed by atoms with Gasteiger partial charge in [-0.1, -0.05) is 29.6 Å². The Balaban J connectivity index is 1.99. The van der Waals surface area contributed by atoms with Gasteiger partial charge in [-0.25, -0.2) is 0 Å². The minimum absolute atomic E-state index is 0.256. The Morgan fingerprint density at radius 3 is 2.56 bits per heavy atom. The highest BCUT2D eigenvalue weighted by Crippen LogP contribution is 2.42. The highest BCUT2D eigenvalue weighted by Gasteiger charge is 2.36. The molecule has 0 amide bonds. The van der Waals surface area contributed by atoms with E-state index in [2.05, 4.69) is 12.6 Å². The first-order valence-corrected chi connectivity index (χ1v) is 6.73. The van der Waals surface area contributed by atoms with Crippen LogP contribution >= 0.6 is 35.8 Å². The van der Waals surface area contributed by atoms with Crippen molar-refractivity contribution in [2.45, 2.75) is 19.3 Å². The number of ether oxygens (including phenoxy) is 1. The second-order valence-corrected chi connectivity index (χ2v) is 5.53. The van der Waals surface area contributed by atoms with Crippen molar-refractivity contribution in [2.24, 2.45) is 5.41 Å². The van der Waals surface area contributed by atoms with Gasteiger partial charge in [0.25, 0.3) is 0 Å². The summed E-state index contributed by atoms with van der Waals surface area (Å²) in [6.07, 6.45) is 3.67. The van der Waals surface area contributed by atoms with Crippen molar-refractivity contribution in [1.29, 1.82) is 0 Å². The van der Waals surface area contributed by atoms with Crippen molar-refractivity contribution in [3.05, 3.63) is 28.2 Å². The van der Waals surface area contributed by atoms with Gasteiger partial charge in [-0.15, -0.1) is 0 Å². The molecule has 0 bridgehead atoms. The third-order valence-corrected chi connectivity index (χ3v) is 4.38. The molecule has 16 heavy (non-hydrogen) atoms. The number of hydrogen-bond acceptors (Lipinski definition) is 2. The summed E-state index contributed by atoms with van der Waals surface area (Å²) >= 11 is 16.2. The summed E-state index contributed by atoms with van der Waals surface area (Å²) in [5.41, 5.74) is 0.256. The summed E-state index contributed by atoms with van der Waals surface area (Å²) in [5, 5.41) is 1.20. The maximum atomic E-state index is 6.03. The maximum Gasteiger partial charge on any atom is 0.138 e. The lowest BCUT2D eigenvalue weighted by atomic mass is 9.71. The predicted octanol–water partition coefficient (Wildman–Crippen LogP) is 4.47. The van der Waals surface area contributed by atoms with Crippen LogP contribution in [0, 0.1) is 5.41 Å². The number of hydrogen-bond donors (Lipinski definition) is 1. The summed E-state index contributed by atoms with van der Waals surface area (Å²) in [7, 11) is 0. The lowest BCUT2D eigenvalue weighted by Gasteiger charge is -2.40. The monoisotopic (exact) mass is 276 g/mol. The summed E-state index contributed by atoms with van der Waals surface area (Å²) in [5.74, 6) is 1.58. The topological polar surface area (TPSA) is 9.23 Å². The number of halogens is 2. The minimum Gasteiger partial charge on any atom is -0.491 e. The molecular weight excluding hydrogens is 263 g/mol. The van der Waals surface area contributed by atoms with Gasteiger partial charge < -0.3 is 4.74 Å². The molecule has 1 aliphatic carbocycles. The first-order chi connectivity index (χ1) is 7.65. The molecule has 0 unspecified atom stereocenters. The van der Waals surface area contributed by atoms with Crippen molar-refractivity contribution in [2.75, 3.05) is 12.4 Å². The average Bonchev–Trinajstić information content (AvgIpc) is 2.19. The summed E-state index contributed by atoms with van der Waals surface area (Å²) in [4.78, 5) is 0.